The topological polar surface area (TPSA) is 86.4 Å². The van der Waals surface area contributed by atoms with Gasteiger partial charge in [-0.25, -0.2) is 4.98 Å². The van der Waals surface area contributed by atoms with E-state index in [-0.39, 0.29) is 18.4 Å². The van der Waals surface area contributed by atoms with Crippen LogP contribution in [0.25, 0.3) is 22.2 Å². The van der Waals surface area contributed by atoms with E-state index in [0.717, 1.165) is 60.9 Å². The number of ether oxygens (including phenoxy) is 2. The number of aryl methyl sites for hydroxylation is 1. The number of hydrogen-bond acceptors (Lipinski definition) is 6. The number of halogens is 1. The van der Waals surface area contributed by atoms with E-state index in [1.54, 1.807) is 4.68 Å². The summed E-state index contributed by atoms with van der Waals surface area (Å²) < 4.78 is 14.7. The number of piperidine rings is 1. The molecule has 2 aromatic heterocycles. The van der Waals surface area contributed by atoms with Gasteiger partial charge in [-0.05, 0) is 44.4 Å². The van der Waals surface area contributed by atoms with Gasteiger partial charge in [-0.2, -0.15) is 5.10 Å². The minimum atomic E-state index is -0.360. The van der Waals surface area contributed by atoms with Crippen molar-refractivity contribution in [3.8, 4) is 11.1 Å². The molecule has 0 unspecified atom stereocenters. The molecule has 2 N–H and O–H groups in total. The smallest absolute Gasteiger partial charge is 0.259 e. The molecule has 0 spiro atoms. The average Bonchev–Trinajstić information content (AvgIpc) is 3.51. The second-order valence-electron chi connectivity index (χ2n) is 8.10. The number of benzene rings is 1. The van der Waals surface area contributed by atoms with Crippen molar-refractivity contribution in [3.05, 3.63) is 48.4 Å². The summed E-state index contributed by atoms with van der Waals surface area (Å²) in [5, 5.41) is 18.7. The highest BCUT2D eigenvalue weighted by Gasteiger charge is 2.22. The molecule has 31 heavy (non-hydrogen) atoms. The standard InChI is InChI=1S/C22H26ClN5O3/c23-16-9-17(15-11-26-28(12-15)13-21-30-7-8-31-21)22-19(10-16)25-14-27(22)6-2-3-18-20(29)4-1-5-24-18/h7-12,14,18,20-21,24,29H,1-6,13H2/t18-,20+/m1/s1. The zero-order valence-electron chi connectivity index (χ0n) is 17.2. The molecule has 0 amide bonds. The third-order valence-corrected chi connectivity index (χ3v) is 6.15. The maximum atomic E-state index is 10.2. The SMILES string of the molecule is O[C@H]1CCCN[C@@H]1CCCn1cnc2cc(Cl)cc(-c3cnn(CC4OC=CO4)c3)c21. The van der Waals surface area contributed by atoms with Gasteiger partial charge >= 0.3 is 0 Å². The van der Waals surface area contributed by atoms with Crippen molar-refractivity contribution < 1.29 is 14.6 Å². The van der Waals surface area contributed by atoms with Crippen LogP contribution in [0.3, 0.4) is 0 Å². The number of aliphatic hydroxyl groups is 1. The second-order valence-corrected chi connectivity index (χ2v) is 8.53. The van der Waals surface area contributed by atoms with Crippen molar-refractivity contribution in [1.29, 1.82) is 0 Å². The number of nitrogens with zero attached hydrogens (tertiary/aromatic N) is 4. The van der Waals surface area contributed by atoms with E-state index in [2.05, 4.69) is 20.0 Å². The largest absolute Gasteiger partial charge is 0.457 e. The maximum Gasteiger partial charge on any atom is 0.259 e. The minimum Gasteiger partial charge on any atom is -0.457 e. The monoisotopic (exact) mass is 443 g/mol. The van der Waals surface area contributed by atoms with Crippen molar-refractivity contribution in [2.24, 2.45) is 0 Å². The molecule has 0 aliphatic carbocycles. The Balaban J connectivity index is 1.35. The minimum absolute atomic E-state index is 0.171. The summed E-state index contributed by atoms with van der Waals surface area (Å²) in [6.07, 6.45) is 11.9. The summed E-state index contributed by atoms with van der Waals surface area (Å²) in [7, 11) is 0. The Labute approximate surface area is 185 Å². The van der Waals surface area contributed by atoms with Crippen LogP contribution >= 0.6 is 11.6 Å². The van der Waals surface area contributed by atoms with Gasteiger partial charge in [0.1, 0.15) is 19.1 Å². The molecule has 1 aromatic carbocycles. The molecule has 1 saturated heterocycles. The van der Waals surface area contributed by atoms with E-state index in [4.69, 9.17) is 21.1 Å². The van der Waals surface area contributed by atoms with Crippen molar-refractivity contribution >= 4 is 22.6 Å². The number of nitrogens with one attached hydrogen (secondary N) is 1. The van der Waals surface area contributed by atoms with Gasteiger partial charge in [-0.15, -0.1) is 0 Å². The Kier molecular flexibility index (Phi) is 5.85. The van der Waals surface area contributed by atoms with Gasteiger partial charge in [-0.3, -0.25) is 4.68 Å². The Morgan fingerprint density at radius 2 is 2.13 bits per heavy atom. The predicted octanol–water partition coefficient (Wildman–Crippen LogP) is 3.29. The van der Waals surface area contributed by atoms with Crippen LogP contribution in [0.4, 0.5) is 0 Å². The normalized spacial score (nSPS) is 21.5. The lowest BCUT2D eigenvalue weighted by atomic mass is 9.97. The molecule has 8 nitrogen and oxygen atoms in total. The third kappa shape index (κ3) is 4.42. The van der Waals surface area contributed by atoms with E-state index < -0.39 is 0 Å². The van der Waals surface area contributed by atoms with Crippen LogP contribution in [0.1, 0.15) is 25.7 Å². The lowest BCUT2D eigenvalue weighted by Gasteiger charge is -2.29. The van der Waals surface area contributed by atoms with Crippen molar-refractivity contribution in [2.75, 3.05) is 6.54 Å². The molecule has 9 heteroatoms. The molecule has 5 rings (SSSR count). The summed E-state index contributed by atoms with van der Waals surface area (Å²) in [5.41, 5.74) is 3.85. The number of aromatic nitrogens is 4. The molecule has 3 aromatic rings. The fourth-order valence-corrected chi connectivity index (χ4v) is 4.60. The summed E-state index contributed by atoms with van der Waals surface area (Å²) in [4.78, 5) is 4.57. The van der Waals surface area contributed by atoms with Crippen LogP contribution < -0.4 is 5.32 Å². The zero-order valence-corrected chi connectivity index (χ0v) is 17.9. The molecule has 2 aliphatic heterocycles. The first-order valence-electron chi connectivity index (χ1n) is 10.7. The quantitative estimate of drug-likeness (QED) is 0.582. The Hall–Kier alpha value is -2.55. The fraction of sp³-hybridized carbons (Fsp3) is 0.455. The molecule has 1 fully saturated rings. The summed E-state index contributed by atoms with van der Waals surface area (Å²) in [6, 6.07) is 4.02. The van der Waals surface area contributed by atoms with Crippen molar-refractivity contribution in [2.45, 2.75) is 57.2 Å². The van der Waals surface area contributed by atoms with Crippen molar-refractivity contribution in [3.63, 3.8) is 0 Å². The van der Waals surface area contributed by atoms with Gasteiger partial charge in [0.15, 0.2) is 0 Å². The first-order chi connectivity index (χ1) is 15.2. The number of fused-ring (bicyclic) bond motifs is 1. The van der Waals surface area contributed by atoms with Crippen LogP contribution in [-0.4, -0.2) is 49.4 Å². The van der Waals surface area contributed by atoms with Crippen LogP contribution in [0, 0.1) is 0 Å². The van der Waals surface area contributed by atoms with Gasteiger partial charge in [0.2, 0.25) is 0 Å². The molecular formula is C22H26ClN5O3. The number of hydrogen-bond donors (Lipinski definition) is 2. The van der Waals surface area contributed by atoms with Gasteiger partial charge < -0.3 is 24.5 Å². The van der Waals surface area contributed by atoms with Gasteiger partial charge in [0.25, 0.3) is 6.29 Å². The molecule has 2 atom stereocenters. The van der Waals surface area contributed by atoms with Crippen LogP contribution in [0.5, 0.6) is 0 Å². The van der Waals surface area contributed by atoms with Gasteiger partial charge in [0, 0.05) is 34.9 Å². The van der Waals surface area contributed by atoms with E-state index in [0.29, 0.717) is 11.6 Å². The van der Waals surface area contributed by atoms with E-state index >= 15 is 0 Å². The lowest BCUT2D eigenvalue weighted by Crippen LogP contribution is -2.44. The molecule has 0 bridgehead atoms. The third-order valence-electron chi connectivity index (χ3n) is 5.94. The van der Waals surface area contributed by atoms with E-state index in [1.807, 2.05) is 30.9 Å². The highest BCUT2D eigenvalue weighted by molar-refractivity contribution is 6.31. The first kappa shape index (κ1) is 20.4. The zero-order chi connectivity index (χ0) is 21.2. The molecule has 0 saturated carbocycles. The van der Waals surface area contributed by atoms with Crippen LogP contribution in [0.2, 0.25) is 5.02 Å². The highest BCUT2D eigenvalue weighted by Crippen LogP contribution is 2.32. The fourth-order valence-electron chi connectivity index (χ4n) is 4.39. The van der Waals surface area contributed by atoms with Gasteiger partial charge in [-0.1, -0.05) is 11.6 Å². The van der Waals surface area contributed by atoms with Crippen molar-refractivity contribution in [1.82, 2.24) is 24.6 Å². The Bertz CT molecular complexity index is 1070. The summed E-state index contributed by atoms with van der Waals surface area (Å²) in [6.45, 7) is 2.29. The summed E-state index contributed by atoms with van der Waals surface area (Å²) in [5.74, 6) is 0. The van der Waals surface area contributed by atoms with E-state index in [1.165, 1.54) is 12.5 Å². The lowest BCUT2D eigenvalue weighted by molar-refractivity contribution is -0.0364. The number of imidazole rings is 1. The average molecular weight is 444 g/mol. The van der Waals surface area contributed by atoms with Crippen LogP contribution in [-0.2, 0) is 22.6 Å². The first-order valence-corrected chi connectivity index (χ1v) is 11.1. The Morgan fingerprint density at radius 3 is 2.97 bits per heavy atom. The molecule has 164 valence electrons. The van der Waals surface area contributed by atoms with Crippen LogP contribution in [0.15, 0.2) is 43.4 Å². The molecule has 2 aliphatic rings. The Morgan fingerprint density at radius 1 is 1.26 bits per heavy atom. The van der Waals surface area contributed by atoms with Gasteiger partial charge in [0.05, 0.1) is 29.7 Å². The summed E-state index contributed by atoms with van der Waals surface area (Å²) >= 11 is 6.39. The molecule has 0 radical (unpaired) electrons. The number of rotatable bonds is 7. The molecule has 4 heterocycles. The predicted molar refractivity (Wildman–Crippen MR) is 117 cm³/mol. The highest BCUT2D eigenvalue weighted by atomic mass is 35.5. The second kappa shape index (κ2) is 8.90. The van der Waals surface area contributed by atoms with E-state index in [9.17, 15) is 5.11 Å². The molecular weight excluding hydrogens is 418 g/mol. The number of aliphatic hydroxyl groups excluding tert-OH is 1. The maximum absolute atomic E-state index is 10.2.